The van der Waals surface area contributed by atoms with Gasteiger partial charge in [-0.2, -0.15) is 10.2 Å². The van der Waals surface area contributed by atoms with Gasteiger partial charge in [0.1, 0.15) is 11.8 Å². The largest absolute Gasteiger partial charge is 0.462 e. The molecule has 0 aliphatic heterocycles. The molecular weight excluding hydrogens is 216 g/mol. The molecular formula is C13H10N2O2. The van der Waals surface area contributed by atoms with Gasteiger partial charge in [0.05, 0.1) is 0 Å². The smallest absolute Gasteiger partial charge is 0.222 e. The minimum atomic E-state index is -0.0260. The van der Waals surface area contributed by atoms with Crippen LogP contribution in [-0.4, -0.2) is 11.6 Å². The van der Waals surface area contributed by atoms with Gasteiger partial charge in [0, 0.05) is 12.1 Å². The van der Waals surface area contributed by atoms with E-state index in [1.807, 2.05) is 36.4 Å². The van der Waals surface area contributed by atoms with E-state index in [9.17, 15) is 0 Å². The number of hydrogen-bond acceptors (Lipinski definition) is 4. The zero-order valence-electron chi connectivity index (χ0n) is 9.04. The second-order valence-corrected chi connectivity index (χ2v) is 3.18. The van der Waals surface area contributed by atoms with E-state index in [2.05, 4.69) is 4.98 Å². The Labute approximate surface area is 99.1 Å². The van der Waals surface area contributed by atoms with Crippen molar-refractivity contribution in [3.63, 3.8) is 0 Å². The molecule has 1 aromatic heterocycles. The maximum absolute atomic E-state index is 8.40. The average Bonchev–Trinajstić information content (AvgIpc) is 2.38. The predicted molar refractivity (Wildman–Crippen MR) is 61.9 cm³/mol. The van der Waals surface area contributed by atoms with Crippen LogP contribution in [0.5, 0.6) is 17.5 Å². The summed E-state index contributed by atoms with van der Waals surface area (Å²) in [5.41, 5.74) is 0. The Kier molecular flexibility index (Phi) is 3.56. The van der Waals surface area contributed by atoms with Crippen LogP contribution in [0, 0.1) is 11.3 Å². The molecule has 0 amide bonds. The van der Waals surface area contributed by atoms with E-state index in [1.54, 1.807) is 18.2 Å². The highest BCUT2D eigenvalue weighted by atomic mass is 16.5. The molecule has 0 unspecified atom stereocenters. The number of nitriles is 1. The number of para-hydroxylation sites is 1. The van der Waals surface area contributed by atoms with Crippen molar-refractivity contribution in [3.05, 3.63) is 48.5 Å². The SMILES string of the molecule is N#CCOc1cccc(Oc2ccccc2)n1. The molecule has 0 N–H and O–H groups in total. The summed E-state index contributed by atoms with van der Waals surface area (Å²) < 4.78 is 10.6. The van der Waals surface area contributed by atoms with Gasteiger partial charge in [-0.15, -0.1) is 0 Å². The molecule has 1 aromatic carbocycles. The molecule has 0 aliphatic carbocycles. The minimum Gasteiger partial charge on any atom is -0.462 e. The van der Waals surface area contributed by atoms with Gasteiger partial charge in [-0.25, -0.2) is 0 Å². The Hall–Kier alpha value is -2.54. The van der Waals surface area contributed by atoms with E-state index >= 15 is 0 Å². The summed E-state index contributed by atoms with van der Waals surface area (Å²) in [6.45, 7) is -0.0260. The summed E-state index contributed by atoms with van der Waals surface area (Å²) in [4.78, 5) is 4.11. The summed E-state index contributed by atoms with van der Waals surface area (Å²) in [7, 11) is 0. The Morgan fingerprint density at radius 3 is 2.53 bits per heavy atom. The third kappa shape index (κ3) is 3.21. The second-order valence-electron chi connectivity index (χ2n) is 3.18. The van der Waals surface area contributed by atoms with Crippen molar-refractivity contribution in [2.24, 2.45) is 0 Å². The van der Waals surface area contributed by atoms with Crippen molar-refractivity contribution in [3.8, 4) is 23.6 Å². The number of nitrogens with zero attached hydrogens (tertiary/aromatic N) is 2. The van der Waals surface area contributed by atoms with Crippen LogP contribution in [0.25, 0.3) is 0 Å². The van der Waals surface area contributed by atoms with Gasteiger partial charge < -0.3 is 9.47 Å². The van der Waals surface area contributed by atoms with Gasteiger partial charge in [0.2, 0.25) is 11.8 Å². The lowest BCUT2D eigenvalue weighted by Crippen LogP contribution is -1.96. The van der Waals surface area contributed by atoms with Crippen molar-refractivity contribution in [2.45, 2.75) is 0 Å². The normalized spacial score (nSPS) is 9.35. The van der Waals surface area contributed by atoms with Crippen molar-refractivity contribution < 1.29 is 9.47 Å². The number of aromatic nitrogens is 1. The van der Waals surface area contributed by atoms with Crippen molar-refractivity contribution >= 4 is 0 Å². The predicted octanol–water partition coefficient (Wildman–Crippen LogP) is 2.78. The van der Waals surface area contributed by atoms with E-state index in [0.29, 0.717) is 17.5 Å². The Morgan fingerprint density at radius 2 is 1.76 bits per heavy atom. The Morgan fingerprint density at radius 1 is 1.00 bits per heavy atom. The molecule has 0 atom stereocenters. The molecule has 1 heterocycles. The van der Waals surface area contributed by atoms with Crippen LogP contribution in [0.1, 0.15) is 0 Å². The number of ether oxygens (including phenoxy) is 2. The molecule has 4 nitrogen and oxygen atoms in total. The minimum absolute atomic E-state index is 0.0260. The maximum atomic E-state index is 8.40. The first-order chi connectivity index (χ1) is 8.38. The fourth-order valence-electron chi connectivity index (χ4n) is 1.25. The Bertz CT molecular complexity index is 520. The fourth-order valence-corrected chi connectivity index (χ4v) is 1.25. The van der Waals surface area contributed by atoms with Gasteiger partial charge in [-0.3, -0.25) is 0 Å². The van der Waals surface area contributed by atoms with E-state index < -0.39 is 0 Å². The van der Waals surface area contributed by atoms with Crippen LogP contribution in [0.3, 0.4) is 0 Å². The van der Waals surface area contributed by atoms with Gasteiger partial charge >= 0.3 is 0 Å². The lowest BCUT2D eigenvalue weighted by atomic mass is 10.3. The number of pyridine rings is 1. The standard InChI is InChI=1S/C13H10N2O2/c14-9-10-16-12-7-4-8-13(15-12)17-11-5-2-1-3-6-11/h1-8H,10H2. The lowest BCUT2D eigenvalue weighted by molar-refractivity contribution is 0.345. The van der Waals surface area contributed by atoms with E-state index in [4.69, 9.17) is 14.7 Å². The highest BCUT2D eigenvalue weighted by molar-refractivity contribution is 5.28. The van der Waals surface area contributed by atoms with Crippen LogP contribution in [0.15, 0.2) is 48.5 Å². The Balaban J connectivity index is 2.09. The molecule has 0 spiro atoms. The highest BCUT2D eigenvalue weighted by Crippen LogP contribution is 2.20. The van der Waals surface area contributed by atoms with Crippen molar-refractivity contribution in [2.75, 3.05) is 6.61 Å². The second kappa shape index (κ2) is 5.52. The van der Waals surface area contributed by atoms with E-state index in [-0.39, 0.29) is 6.61 Å². The van der Waals surface area contributed by atoms with Gasteiger partial charge in [-0.05, 0) is 12.1 Å². The fraction of sp³-hybridized carbons (Fsp3) is 0.0769. The molecule has 84 valence electrons. The zero-order chi connectivity index (χ0) is 11.9. The molecule has 0 aliphatic rings. The topological polar surface area (TPSA) is 55.1 Å². The quantitative estimate of drug-likeness (QED) is 0.804. The molecule has 4 heteroatoms. The first kappa shape index (κ1) is 11.0. The molecule has 0 radical (unpaired) electrons. The first-order valence-corrected chi connectivity index (χ1v) is 5.08. The third-order valence-electron chi connectivity index (χ3n) is 1.95. The van der Waals surface area contributed by atoms with E-state index in [0.717, 1.165) is 0 Å². The van der Waals surface area contributed by atoms with Crippen LogP contribution >= 0.6 is 0 Å². The summed E-state index contributed by atoms with van der Waals surface area (Å²) in [6, 6.07) is 16.4. The highest BCUT2D eigenvalue weighted by Gasteiger charge is 2.00. The molecule has 2 rings (SSSR count). The van der Waals surface area contributed by atoms with Crippen LogP contribution < -0.4 is 9.47 Å². The summed E-state index contributed by atoms with van der Waals surface area (Å²) in [5.74, 6) is 1.52. The van der Waals surface area contributed by atoms with Crippen molar-refractivity contribution in [1.82, 2.24) is 4.98 Å². The van der Waals surface area contributed by atoms with Crippen LogP contribution in [0.2, 0.25) is 0 Å². The lowest BCUT2D eigenvalue weighted by Gasteiger charge is -2.05. The zero-order valence-corrected chi connectivity index (χ0v) is 9.04. The third-order valence-corrected chi connectivity index (χ3v) is 1.95. The average molecular weight is 226 g/mol. The van der Waals surface area contributed by atoms with Crippen molar-refractivity contribution in [1.29, 1.82) is 5.26 Å². The summed E-state index contributed by atoms with van der Waals surface area (Å²) >= 11 is 0. The molecule has 0 saturated heterocycles. The maximum Gasteiger partial charge on any atom is 0.222 e. The molecule has 2 aromatic rings. The first-order valence-electron chi connectivity index (χ1n) is 5.08. The number of hydrogen-bond donors (Lipinski definition) is 0. The monoisotopic (exact) mass is 226 g/mol. The van der Waals surface area contributed by atoms with Gasteiger partial charge in [0.25, 0.3) is 0 Å². The summed E-state index contributed by atoms with van der Waals surface area (Å²) in [6.07, 6.45) is 0. The van der Waals surface area contributed by atoms with Crippen LogP contribution in [0.4, 0.5) is 0 Å². The molecule has 0 saturated carbocycles. The molecule has 17 heavy (non-hydrogen) atoms. The molecule has 0 bridgehead atoms. The van der Waals surface area contributed by atoms with Crippen LogP contribution in [-0.2, 0) is 0 Å². The van der Waals surface area contributed by atoms with E-state index in [1.165, 1.54) is 0 Å². The number of rotatable bonds is 4. The van der Waals surface area contributed by atoms with Gasteiger partial charge in [0.15, 0.2) is 6.61 Å². The summed E-state index contributed by atoms with van der Waals surface area (Å²) in [5, 5.41) is 8.40. The number of benzene rings is 1. The molecule has 0 fully saturated rings. The van der Waals surface area contributed by atoms with Gasteiger partial charge in [-0.1, -0.05) is 24.3 Å².